The van der Waals surface area contributed by atoms with Gasteiger partial charge in [0.2, 0.25) is 15.9 Å². The van der Waals surface area contributed by atoms with Crippen LogP contribution in [0.3, 0.4) is 0 Å². The van der Waals surface area contributed by atoms with Gasteiger partial charge in [-0.15, -0.1) is 0 Å². The maximum atomic E-state index is 13.2. The summed E-state index contributed by atoms with van der Waals surface area (Å²) in [4.78, 5) is 40.1. The van der Waals surface area contributed by atoms with Gasteiger partial charge in [-0.25, -0.2) is 13.1 Å². The highest BCUT2D eigenvalue weighted by molar-refractivity contribution is 7.89. The molecule has 1 saturated carbocycles. The number of imide groups is 1. The highest BCUT2D eigenvalue weighted by Gasteiger charge is 2.42. The first-order chi connectivity index (χ1) is 15.2. The monoisotopic (exact) mass is 455 g/mol. The van der Waals surface area contributed by atoms with Gasteiger partial charge in [0.15, 0.2) is 0 Å². The first kappa shape index (κ1) is 22.2. The quantitative estimate of drug-likeness (QED) is 0.595. The number of anilines is 1. The van der Waals surface area contributed by atoms with Crippen molar-refractivity contribution in [1.29, 1.82) is 0 Å². The number of nitrogens with one attached hydrogen (secondary N) is 2. The molecule has 0 aromatic heterocycles. The van der Waals surface area contributed by atoms with Crippen molar-refractivity contribution >= 4 is 33.4 Å². The molecule has 0 spiro atoms. The Morgan fingerprint density at radius 1 is 1.03 bits per heavy atom. The smallest absolute Gasteiger partial charge is 0.262 e. The van der Waals surface area contributed by atoms with Gasteiger partial charge in [0.25, 0.3) is 11.8 Å². The molecule has 1 aliphatic carbocycles. The molecule has 4 rings (SSSR count). The van der Waals surface area contributed by atoms with E-state index in [4.69, 9.17) is 0 Å². The van der Waals surface area contributed by atoms with E-state index in [0.717, 1.165) is 17.7 Å². The van der Waals surface area contributed by atoms with Crippen LogP contribution in [0.25, 0.3) is 0 Å². The number of amides is 3. The van der Waals surface area contributed by atoms with Crippen LogP contribution >= 0.6 is 0 Å². The van der Waals surface area contributed by atoms with E-state index < -0.39 is 33.8 Å². The van der Waals surface area contributed by atoms with Crippen molar-refractivity contribution < 1.29 is 22.8 Å². The Kier molecular flexibility index (Phi) is 5.87. The second kappa shape index (κ2) is 8.48. The summed E-state index contributed by atoms with van der Waals surface area (Å²) in [5.74, 6) is -1.52. The molecule has 1 atom stereocenters. The average Bonchev–Trinajstić information content (AvgIpc) is 3.52. The number of sulfonamides is 1. The zero-order chi connectivity index (χ0) is 23.0. The zero-order valence-electron chi connectivity index (χ0n) is 17.9. The molecule has 0 bridgehead atoms. The predicted molar refractivity (Wildman–Crippen MR) is 119 cm³/mol. The Hall–Kier alpha value is -3.04. The highest BCUT2D eigenvalue weighted by Crippen LogP contribution is 2.28. The SMILES string of the molecule is CC(C)C[C@@H](C(=O)Nc1cccc(S(=O)(=O)NC2CC2)c1)N1C(=O)c2ccccc2C1=O. The van der Waals surface area contributed by atoms with Crippen molar-refractivity contribution in [2.24, 2.45) is 5.92 Å². The number of carbonyl (C=O) groups is 3. The topological polar surface area (TPSA) is 113 Å². The summed E-state index contributed by atoms with van der Waals surface area (Å²) < 4.78 is 27.6. The lowest BCUT2D eigenvalue weighted by atomic mass is 10.0. The molecule has 0 radical (unpaired) electrons. The van der Waals surface area contributed by atoms with Crippen LogP contribution in [0, 0.1) is 5.92 Å². The van der Waals surface area contributed by atoms with Crippen molar-refractivity contribution in [3.63, 3.8) is 0 Å². The van der Waals surface area contributed by atoms with E-state index in [2.05, 4.69) is 10.0 Å². The number of hydrogen-bond donors (Lipinski definition) is 2. The molecule has 1 heterocycles. The molecular weight excluding hydrogens is 430 g/mol. The van der Waals surface area contributed by atoms with Gasteiger partial charge in [0.1, 0.15) is 6.04 Å². The van der Waals surface area contributed by atoms with Crippen LogP contribution in [0.5, 0.6) is 0 Å². The molecule has 2 aromatic carbocycles. The Bertz CT molecular complexity index is 1150. The highest BCUT2D eigenvalue weighted by atomic mass is 32.2. The fourth-order valence-electron chi connectivity index (χ4n) is 3.72. The minimum Gasteiger partial charge on any atom is -0.324 e. The fourth-order valence-corrected chi connectivity index (χ4v) is 5.07. The molecule has 168 valence electrons. The van der Waals surface area contributed by atoms with E-state index >= 15 is 0 Å². The van der Waals surface area contributed by atoms with Crippen LogP contribution in [0.2, 0.25) is 0 Å². The number of rotatable bonds is 8. The molecule has 1 fully saturated rings. The lowest BCUT2D eigenvalue weighted by molar-refractivity contribution is -0.120. The van der Waals surface area contributed by atoms with Crippen LogP contribution in [0.1, 0.15) is 53.8 Å². The molecule has 8 nitrogen and oxygen atoms in total. The van der Waals surface area contributed by atoms with E-state index in [1.54, 1.807) is 30.3 Å². The third kappa shape index (κ3) is 4.44. The molecule has 3 amide bonds. The van der Waals surface area contributed by atoms with E-state index in [-0.39, 0.29) is 40.1 Å². The van der Waals surface area contributed by atoms with Crippen LogP contribution in [0.15, 0.2) is 53.4 Å². The van der Waals surface area contributed by atoms with Crippen LogP contribution < -0.4 is 10.0 Å². The van der Waals surface area contributed by atoms with Crippen LogP contribution in [-0.2, 0) is 14.8 Å². The van der Waals surface area contributed by atoms with Crippen molar-refractivity contribution in [1.82, 2.24) is 9.62 Å². The number of hydrogen-bond acceptors (Lipinski definition) is 5. The van der Waals surface area contributed by atoms with Gasteiger partial charge in [0, 0.05) is 11.7 Å². The standard InChI is InChI=1S/C23H25N3O5S/c1-14(2)12-20(26-22(28)18-8-3-4-9-19(18)23(26)29)21(27)24-16-6-5-7-17(13-16)32(30,31)25-15-10-11-15/h3-9,13-15,20,25H,10-12H2,1-2H3,(H,24,27)/t20-/m0/s1. The molecule has 1 aliphatic heterocycles. The molecule has 9 heteroatoms. The lowest BCUT2D eigenvalue weighted by Gasteiger charge is -2.26. The summed E-state index contributed by atoms with van der Waals surface area (Å²) in [6, 6.07) is 11.4. The van der Waals surface area contributed by atoms with Crippen LogP contribution in [0.4, 0.5) is 5.69 Å². The van der Waals surface area contributed by atoms with Gasteiger partial charge in [-0.2, -0.15) is 0 Å². The molecule has 32 heavy (non-hydrogen) atoms. The van der Waals surface area contributed by atoms with Crippen molar-refractivity contribution in [2.75, 3.05) is 5.32 Å². The number of fused-ring (bicyclic) bond motifs is 1. The van der Waals surface area contributed by atoms with Crippen LogP contribution in [-0.4, -0.2) is 43.1 Å². The van der Waals surface area contributed by atoms with E-state index in [0.29, 0.717) is 0 Å². The second-order valence-electron chi connectivity index (χ2n) is 8.58. The predicted octanol–water partition coefficient (Wildman–Crippen LogP) is 2.78. The van der Waals surface area contributed by atoms with Crippen molar-refractivity contribution in [2.45, 2.75) is 50.1 Å². The van der Waals surface area contributed by atoms with Gasteiger partial charge in [-0.3, -0.25) is 19.3 Å². The molecular formula is C23H25N3O5S. The summed E-state index contributed by atoms with van der Waals surface area (Å²) >= 11 is 0. The molecule has 0 unspecified atom stereocenters. The molecule has 0 saturated heterocycles. The number of carbonyl (C=O) groups excluding carboxylic acids is 3. The number of nitrogens with zero attached hydrogens (tertiary/aromatic N) is 1. The Labute approximate surface area is 187 Å². The average molecular weight is 456 g/mol. The third-order valence-corrected chi connectivity index (χ3v) is 6.96. The summed E-state index contributed by atoms with van der Waals surface area (Å²) in [6.07, 6.45) is 1.90. The minimum absolute atomic E-state index is 0.0320. The van der Waals surface area contributed by atoms with Crippen molar-refractivity contribution in [3.8, 4) is 0 Å². The van der Waals surface area contributed by atoms with E-state index in [1.807, 2.05) is 13.8 Å². The molecule has 2 aliphatic rings. The van der Waals surface area contributed by atoms with Gasteiger partial charge < -0.3 is 5.32 Å². The Morgan fingerprint density at radius 2 is 1.66 bits per heavy atom. The fraction of sp³-hybridized carbons (Fsp3) is 0.348. The van der Waals surface area contributed by atoms with Gasteiger partial charge in [0.05, 0.1) is 16.0 Å². The summed E-state index contributed by atoms with van der Waals surface area (Å²) in [7, 11) is -3.68. The van der Waals surface area contributed by atoms with Gasteiger partial charge in [-0.1, -0.05) is 32.0 Å². The summed E-state index contributed by atoms with van der Waals surface area (Å²) in [5.41, 5.74) is 0.829. The van der Waals surface area contributed by atoms with Gasteiger partial charge in [-0.05, 0) is 55.5 Å². The van der Waals surface area contributed by atoms with E-state index in [9.17, 15) is 22.8 Å². The normalized spacial score (nSPS) is 16.9. The Morgan fingerprint density at radius 3 is 2.22 bits per heavy atom. The maximum absolute atomic E-state index is 13.2. The maximum Gasteiger partial charge on any atom is 0.262 e. The third-order valence-electron chi connectivity index (χ3n) is 5.45. The zero-order valence-corrected chi connectivity index (χ0v) is 18.7. The molecule has 2 N–H and O–H groups in total. The van der Waals surface area contributed by atoms with E-state index in [1.165, 1.54) is 18.2 Å². The number of benzene rings is 2. The largest absolute Gasteiger partial charge is 0.324 e. The molecule has 2 aromatic rings. The summed E-state index contributed by atoms with van der Waals surface area (Å²) in [6.45, 7) is 3.80. The first-order valence-electron chi connectivity index (χ1n) is 10.6. The summed E-state index contributed by atoms with van der Waals surface area (Å²) in [5, 5.41) is 2.70. The lowest BCUT2D eigenvalue weighted by Crippen LogP contribution is -2.48. The first-order valence-corrected chi connectivity index (χ1v) is 12.1. The Balaban J connectivity index is 1.58. The second-order valence-corrected chi connectivity index (χ2v) is 10.3. The van der Waals surface area contributed by atoms with Gasteiger partial charge >= 0.3 is 0 Å². The van der Waals surface area contributed by atoms with Crippen molar-refractivity contribution in [3.05, 3.63) is 59.7 Å². The minimum atomic E-state index is -3.68.